The van der Waals surface area contributed by atoms with Gasteiger partial charge >= 0.3 is 19.8 Å². The first kappa shape index (κ1) is 47.9. The van der Waals surface area contributed by atoms with E-state index in [9.17, 15) is 44.6 Å². The lowest BCUT2D eigenvalue weighted by molar-refractivity contribution is -0.220. The maximum absolute atomic E-state index is 12.7. The molecule has 6 unspecified atom stereocenters. The summed E-state index contributed by atoms with van der Waals surface area (Å²) in [4.78, 5) is 35.3. The number of carbonyl (C=O) groups excluding carboxylic acids is 2. The van der Waals surface area contributed by atoms with Crippen molar-refractivity contribution in [1.29, 1.82) is 0 Å². The summed E-state index contributed by atoms with van der Waals surface area (Å²) >= 11 is 0. The average Bonchev–Trinajstić information content (AvgIpc) is 3.10. The van der Waals surface area contributed by atoms with Crippen molar-refractivity contribution in [2.75, 3.05) is 13.2 Å². The minimum absolute atomic E-state index is 0.104. The summed E-state index contributed by atoms with van der Waals surface area (Å²) in [7, 11) is -5.10. The van der Waals surface area contributed by atoms with Gasteiger partial charge in [0.05, 0.1) is 6.61 Å². The molecule has 1 saturated carbocycles. The van der Waals surface area contributed by atoms with Crippen LogP contribution in [0.25, 0.3) is 0 Å². The van der Waals surface area contributed by atoms with Crippen molar-refractivity contribution in [3.63, 3.8) is 0 Å². The van der Waals surface area contributed by atoms with Gasteiger partial charge in [-0.3, -0.25) is 18.6 Å². The van der Waals surface area contributed by atoms with Crippen LogP contribution in [0.15, 0.2) is 0 Å². The molecule has 0 spiro atoms. The van der Waals surface area contributed by atoms with Crippen LogP contribution >= 0.6 is 7.82 Å². The fourth-order valence-electron chi connectivity index (χ4n) is 6.17. The Balaban J connectivity index is 2.51. The molecular weight excluding hydrogens is 683 g/mol. The summed E-state index contributed by atoms with van der Waals surface area (Å²) in [5, 5.41) is 49.9. The van der Waals surface area contributed by atoms with Crippen LogP contribution in [0.5, 0.6) is 0 Å². The highest BCUT2D eigenvalue weighted by atomic mass is 31.2. The SMILES string of the molecule is CCCCCCCCCCCCCCCCC(=O)OC(COC(=O)CCCCCCCCCC)COP(=O)(O)OC1C(O)C(O)C(O)C(O)C1O. The van der Waals surface area contributed by atoms with Crippen molar-refractivity contribution >= 4 is 19.8 Å². The van der Waals surface area contributed by atoms with Crippen LogP contribution in [0.4, 0.5) is 0 Å². The monoisotopic (exact) mass is 754 g/mol. The van der Waals surface area contributed by atoms with Gasteiger partial charge in [-0.1, -0.05) is 142 Å². The first-order valence-corrected chi connectivity index (χ1v) is 21.3. The van der Waals surface area contributed by atoms with Gasteiger partial charge in [0.25, 0.3) is 0 Å². The quantitative estimate of drug-likeness (QED) is 0.0258. The Kier molecular flexibility index (Phi) is 27.4. The van der Waals surface area contributed by atoms with E-state index in [1.54, 1.807) is 0 Å². The second-order valence-corrected chi connectivity index (χ2v) is 15.6. The van der Waals surface area contributed by atoms with Gasteiger partial charge in [0, 0.05) is 12.8 Å². The first-order chi connectivity index (χ1) is 24.4. The molecule has 0 aromatic rings. The van der Waals surface area contributed by atoms with Gasteiger partial charge in [0.15, 0.2) is 6.10 Å². The van der Waals surface area contributed by atoms with Gasteiger partial charge in [-0.2, -0.15) is 0 Å². The van der Waals surface area contributed by atoms with Crippen LogP contribution in [0.1, 0.15) is 168 Å². The number of phosphoric acid groups is 1. The molecule has 1 fully saturated rings. The van der Waals surface area contributed by atoms with Crippen molar-refractivity contribution in [2.24, 2.45) is 0 Å². The summed E-state index contributed by atoms with van der Waals surface area (Å²) in [6.45, 7) is 3.24. The van der Waals surface area contributed by atoms with Gasteiger partial charge < -0.3 is 39.9 Å². The molecule has 0 bridgehead atoms. The Morgan fingerprint density at radius 3 is 1.29 bits per heavy atom. The molecular formula is C37H71O13P. The van der Waals surface area contributed by atoms with Crippen molar-refractivity contribution in [3.8, 4) is 0 Å². The van der Waals surface area contributed by atoms with Gasteiger partial charge in [-0.05, 0) is 12.8 Å². The minimum Gasteiger partial charge on any atom is -0.462 e. The highest BCUT2D eigenvalue weighted by molar-refractivity contribution is 7.47. The highest BCUT2D eigenvalue weighted by Crippen LogP contribution is 2.47. The van der Waals surface area contributed by atoms with Crippen molar-refractivity contribution in [2.45, 2.75) is 211 Å². The lowest BCUT2D eigenvalue weighted by Crippen LogP contribution is -2.64. The number of aliphatic hydroxyl groups excluding tert-OH is 5. The number of aliphatic hydroxyl groups is 5. The number of carbonyl (C=O) groups is 2. The molecule has 302 valence electrons. The van der Waals surface area contributed by atoms with E-state index in [4.69, 9.17) is 18.5 Å². The predicted octanol–water partition coefficient (Wildman–Crippen LogP) is 6.16. The van der Waals surface area contributed by atoms with E-state index in [1.807, 2.05) is 0 Å². The van der Waals surface area contributed by atoms with E-state index < -0.39 is 75.7 Å². The van der Waals surface area contributed by atoms with Crippen LogP contribution in [0.3, 0.4) is 0 Å². The fraction of sp³-hybridized carbons (Fsp3) is 0.946. The lowest BCUT2D eigenvalue weighted by Gasteiger charge is -2.41. The molecule has 0 heterocycles. The summed E-state index contributed by atoms with van der Waals surface area (Å²) in [6.07, 6.45) is 11.9. The highest BCUT2D eigenvalue weighted by Gasteiger charge is 2.51. The van der Waals surface area contributed by atoms with Crippen LogP contribution < -0.4 is 0 Å². The molecule has 1 rings (SSSR count). The smallest absolute Gasteiger partial charge is 0.462 e. The maximum atomic E-state index is 12.7. The molecule has 1 aliphatic carbocycles. The lowest BCUT2D eigenvalue weighted by atomic mass is 9.85. The topological polar surface area (TPSA) is 210 Å². The third-order valence-corrected chi connectivity index (χ3v) is 10.4. The number of ether oxygens (including phenoxy) is 2. The van der Waals surface area contributed by atoms with E-state index in [-0.39, 0.29) is 12.8 Å². The summed E-state index contributed by atoms with van der Waals surface area (Å²) in [5.41, 5.74) is 0. The third kappa shape index (κ3) is 22.6. The molecule has 0 aromatic heterocycles. The molecule has 0 aliphatic heterocycles. The van der Waals surface area contributed by atoms with Crippen molar-refractivity contribution in [3.05, 3.63) is 0 Å². The molecule has 0 radical (unpaired) electrons. The second-order valence-electron chi connectivity index (χ2n) is 14.2. The molecule has 14 heteroatoms. The Morgan fingerprint density at radius 2 is 0.882 bits per heavy atom. The van der Waals surface area contributed by atoms with E-state index in [1.165, 1.54) is 89.9 Å². The zero-order chi connectivity index (χ0) is 37.9. The van der Waals surface area contributed by atoms with Gasteiger partial charge in [0.1, 0.15) is 43.2 Å². The standard InChI is InChI=1S/C37H71O13P/c1-3-5-7-9-11-13-14-15-16-17-18-20-22-24-26-31(39)49-29(27-47-30(38)25-23-21-19-12-10-8-6-4-2)28-48-51(45,46)50-37-35(43)33(41)32(40)34(42)36(37)44/h29,32-37,40-44H,3-28H2,1-2H3,(H,45,46). The van der Waals surface area contributed by atoms with E-state index in [0.29, 0.717) is 12.8 Å². The summed E-state index contributed by atoms with van der Waals surface area (Å²) in [5.74, 6) is -1.10. The Labute approximate surface area is 306 Å². The summed E-state index contributed by atoms with van der Waals surface area (Å²) in [6, 6.07) is 0. The number of phosphoric ester groups is 1. The molecule has 6 atom stereocenters. The van der Waals surface area contributed by atoms with Crippen LogP contribution in [-0.4, -0.2) is 98.3 Å². The molecule has 1 aliphatic rings. The number of unbranched alkanes of at least 4 members (excludes halogenated alkanes) is 20. The predicted molar refractivity (Wildman–Crippen MR) is 194 cm³/mol. The normalized spacial score (nSPS) is 23.8. The van der Waals surface area contributed by atoms with Crippen LogP contribution in [0, 0.1) is 0 Å². The van der Waals surface area contributed by atoms with Crippen molar-refractivity contribution < 1.29 is 63.1 Å². The Morgan fingerprint density at radius 1 is 0.529 bits per heavy atom. The summed E-state index contributed by atoms with van der Waals surface area (Å²) < 4.78 is 33.3. The molecule has 51 heavy (non-hydrogen) atoms. The molecule has 13 nitrogen and oxygen atoms in total. The van der Waals surface area contributed by atoms with Crippen molar-refractivity contribution in [1.82, 2.24) is 0 Å². The number of esters is 2. The van der Waals surface area contributed by atoms with Crippen LogP contribution in [0.2, 0.25) is 0 Å². The van der Waals surface area contributed by atoms with Gasteiger partial charge in [0.2, 0.25) is 0 Å². The fourth-order valence-corrected chi connectivity index (χ4v) is 7.14. The molecule has 0 saturated heterocycles. The Bertz CT molecular complexity index is 922. The number of rotatable bonds is 32. The largest absolute Gasteiger partial charge is 0.472 e. The van der Waals surface area contributed by atoms with Gasteiger partial charge in [-0.25, -0.2) is 4.57 Å². The third-order valence-electron chi connectivity index (χ3n) is 9.45. The zero-order valence-corrected chi connectivity index (χ0v) is 32.3. The maximum Gasteiger partial charge on any atom is 0.472 e. The average molecular weight is 755 g/mol. The molecule has 0 aromatic carbocycles. The van der Waals surface area contributed by atoms with E-state index in [0.717, 1.165) is 38.5 Å². The molecule has 6 N–H and O–H groups in total. The number of hydrogen-bond donors (Lipinski definition) is 6. The second kappa shape index (κ2) is 29.2. The zero-order valence-electron chi connectivity index (χ0n) is 31.4. The van der Waals surface area contributed by atoms with Crippen LogP contribution in [-0.2, 0) is 32.7 Å². The van der Waals surface area contributed by atoms with E-state index >= 15 is 0 Å². The minimum atomic E-state index is -5.10. The molecule has 0 amide bonds. The first-order valence-electron chi connectivity index (χ1n) is 19.8. The number of hydrogen-bond acceptors (Lipinski definition) is 12. The van der Waals surface area contributed by atoms with Gasteiger partial charge in [-0.15, -0.1) is 0 Å². The van der Waals surface area contributed by atoms with E-state index in [2.05, 4.69) is 13.8 Å². The Hall–Kier alpha value is -1.15.